The molecule has 5 heteroatoms. The number of aryl methyl sites for hydroxylation is 1. The van der Waals surface area contributed by atoms with Gasteiger partial charge in [0.1, 0.15) is 5.82 Å². The molecule has 2 rings (SSSR count). The van der Waals surface area contributed by atoms with Crippen LogP contribution in [0.5, 0.6) is 0 Å². The van der Waals surface area contributed by atoms with Crippen molar-refractivity contribution >= 4 is 11.9 Å². The highest BCUT2D eigenvalue weighted by Crippen LogP contribution is 2.37. The van der Waals surface area contributed by atoms with Crippen molar-refractivity contribution in [3.8, 4) is 0 Å². The predicted molar refractivity (Wildman–Crippen MR) is 76.2 cm³/mol. The maximum atomic E-state index is 14.2. The zero-order valence-electron chi connectivity index (χ0n) is 12.3. The van der Waals surface area contributed by atoms with Crippen LogP contribution in [0, 0.1) is 18.7 Å². The number of hydrogen-bond acceptors (Lipinski definition) is 2. The van der Waals surface area contributed by atoms with Crippen LogP contribution in [0.1, 0.15) is 43.4 Å². The monoisotopic (exact) mass is 293 g/mol. The highest BCUT2D eigenvalue weighted by molar-refractivity contribution is 5.79. The third kappa shape index (κ3) is 3.06. The van der Waals surface area contributed by atoms with Crippen LogP contribution in [0.2, 0.25) is 0 Å². The Balaban J connectivity index is 2.56. The van der Waals surface area contributed by atoms with E-state index in [-0.39, 0.29) is 5.91 Å². The molecule has 1 aliphatic heterocycles. The Hall–Kier alpha value is -1.91. The van der Waals surface area contributed by atoms with Crippen LogP contribution < -0.4 is 0 Å². The third-order valence-electron chi connectivity index (χ3n) is 4.07. The van der Waals surface area contributed by atoms with E-state index in [4.69, 9.17) is 0 Å². The van der Waals surface area contributed by atoms with Crippen LogP contribution in [-0.4, -0.2) is 28.4 Å². The van der Waals surface area contributed by atoms with Gasteiger partial charge in [0.15, 0.2) is 0 Å². The summed E-state index contributed by atoms with van der Waals surface area (Å²) in [6.07, 6.45) is 1.23. The quantitative estimate of drug-likeness (QED) is 0.932. The number of aliphatic carboxylic acids is 1. The first-order chi connectivity index (χ1) is 9.95. The zero-order valence-corrected chi connectivity index (χ0v) is 12.3. The van der Waals surface area contributed by atoms with Gasteiger partial charge in [0.25, 0.3) is 0 Å². The van der Waals surface area contributed by atoms with Crippen molar-refractivity contribution in [3.05, 3.63) is 35.1 Å². The first-order valence-electron chi connectivity index (χ1n) is 7.24. The van der Waals surface area contributed by atoms with Crippen LogP contribution in [-0.2, 0) is 9.59 Å². The predicted octanol–water partition coefficient (Wildman–Crippen LogP) is 2.91. The van der Waals surface area contributed by atoms with Gasteiger partial charge in [-0.05, 0) is 32.8 Å². The molecule has 0 aliphatic carbocycles. The lowest BCUT2D eigenvalue weighted by Gasteiger charge is -2.33. The van der Waals surface area contributed by atoms with Gasteiger partial charge in [0.2, 0.25) is 5.91 Å². The Kier molecular flexibility index (Phi) is 4.60. The molecule has 1 amide bonds. The molecule has 21 heavy (non-hydrogen) atoms. The molecule has 0 bridgehead atoms. The fraction of sp³-hybridized carbons (Fsp3) is 0.500. The van der Waals surface area contributed by atoms with Crippen molar-refractivity contribution in [2.24, 2.45) is 5.92 Å². The van der Waals surface area contributed by atoms with E-state index < -0.39 is 23.7 Å². The molecule has 1 saturated heterocycles. The molecule has 4 nitrogen and oxygen atoms in total. The molecule has 0 saturated carbocycles. The van der Waals surface area contributed by atoms with Gasteiger partial charge in [-0.15, -0.1) is 0 Å². The number of benzene rings is 1. The number of carbonyl (C=O) groups is 2. The topological polar surface area (TPSA) is 57.6 Å². The lowest BCUT2D eigenvalue weighted by atomic mass is 9.88. The molecular formula is C16H20FNO3. The third-order valence-corrected chi connectivity index (χ3v) is 4.07. The summed E-state index contributed by atoms with van der Waals surface area (Å²) in [4.78, 5) is 25.3. The second-order valence-corrected chi connectivity index (χ2v) is 5.49. The van der Waals surface area contributed by atoms with Gasteiger partial charge in [-0.1, -0.05) is 17.7 Å². The molecule has 1 aromatic carbocycles. The maximum absolute atomic E-state index is 14.2. The van der Waals surface area contributed by atoms with Crippen LogP contribution in [0.3, 0.4) is 0 Å². The minimum absolute atomic E-state index is 0.104. The molecular weight excluding hydrogens is 273 g/mol. The van der Waals surface area contributed by atoms with Crippen molar-refractivity contribution in [3.63, 3.8) is 0 Å². The van der Waals surface area contributed by atoms with Crippen LogP contribution >= 0.6 is 0 Å². The van der Waals surface area contributed by atoms with Gasteiger partial charge in [-0.2, -0.15) is 0 Å². The molecule has 0 radical (unpaired) electrons. The summed E-state index contributed by atoms with van der Waals surface area (Å²) < 4.78 is 14.2. The Morgan fingerprint density at radius 3 is 2.81 bits per heavy atom. The van der Waals surface area contributed by atoms with Gasteiger partial charge < -0.3 is 10.0 Å². The van der Waals surface area contributed by atoms with E-state index in [0.29, 0.717) is 31.4 Å². The second kappa shape index (κ2) is 6.24. The van der Waals surface area contributed by atoms with E-state index in [2.05, 4.69) is 0 Å². The number of carboxylic acid groups (broad SMARTS) is 1. The maximum Gasteiger partial charge on any atom is 0.308 e. The minimum atomic E-state index is -0.978. The van der Waals surface area contributed by atoms with Gasteiger partial charge in [-0.25, -0.2) is 4.39 Å². The van der Waals surface area contributed by atoms with Gasteiger partial charge in [0.05, 0.1) is 12.0 Å². The lowest BCUT2D eigenvalue weighted by molar-refractivity contribution is -0.146. The molecule has 2 unspecified atom stereocenters. The van der Waals surface area contributed by atoms with E-state index >= 15 is 0 Å². The Labute approximate surface area is 123 Å². The summed E-state index contributed by atoms with van der Waals surface area (Å²) in [6.45, 7) is 4.00. The second-order valence-electron chi connectivity index (χ2n) is 5.49. The van der Waals surface area contributed by atoms with Crippen molar-refractivity contribution < 1.29 is 19.1 Å². The fourth-order valence-electron chi connectivity index (χ4n) is 3.05. The number of halogens is 1. The average Bonchev–Trinajstić information content (AvgIpc) is 2.60. The van der Waals surface area contributed by atoms with Crippen LogP contribution in [0.4, 0.5) is 4.39 Å². The van der Waals surface area contributed by atoms with E-state index in [1.807, 2.05) is 6.92 Å². The van der Waals surface area contributed by atoms with Gasteiger partial charge >= 0.3 is 5.97 Å². The Morgan fingerprint density at radius 2 is 2.19 bits per heavy atom. The smallest absolute Gasteiger partial charge is 0.308 e. The number of rotatable bonds is 3. The molecule has 1 fully saturated rings. The van der Waals surface area contributed by atoms with Crippen LogP contribution in [0.25, 0.3) is 0 Å². The number of likely N-dealkylation sites (tertiary alicyclic amines) is 1. The summed E-state index contributed by atoms with van der Waals surface area (Å²) in [5, 5.41) is 9.49. The molecule has 1 aromatic rings. The Bertz CT molecular complexity index is 556. The number of amides is 1. The highest BCUT2D eigenvalue weighted by atomic mass is 19.1. The molecule has 0 spiro atoms. The SMILES string of the molecule is CCN1C(=O)CCCC(C(=O)O)C1c1cc(C)ccc1F. The highest BCUT2D eigenvalue weighted by Gasteiger charge is 2.39. The average molecular weight is 293 g/mol. The van der Waals surface area contributed by atoms with E-state index in [9.17, 15) is 19.1 Å². The first-order valence-corrected chi connectivity index (χ1v) is 7.24. The van der Waals surface area contributed by atoms with E-state index in [1.165, 1.54) is 11.0 Å². The summed E-state index contributed by atoms with van der Waals surface area (Å²) >= 11 is 0. The van der Waals surface area contributed by atoms with Gasteiger partial charge in [-0.3, -0.25) is 9.59 Å². The van der Waals surface area contributed by atoms with Gasteiger partial charge in [0, 0.05) is 18.5 Å². The summed E-state index contributed by atoms with van der Waals surface area (Å²) in [7, 11) is 0. The standard InChI is InChI=1S/C16H20FNO3/c1-3-18-14(19)6-4-5-11(16(20)21)15(18)12-9-10(2)7-8-13(12)17/h7-9,11,15H,3-6H2,1-2H3,(H,20,21). The minimum Gasteiger partial charge on any atom is -0.481 e. The number of hydrogen-bond donors (Lipinski definition) is 1. The van der Waals surface area contributed by atoms with Crippen LogP contribution in [0.15, 0.2) is 18.2 Å². The largest absolute Gasteiger partial charge is 0.481 e. The summed E-state index contributed by atoms with van der Waals surface area (Å²) in [5.74, 6) is -2.31. The molecule has 1 N–H and O–H groups in total. The van der Waals surface area contributed by atoms with Crippen molar-refractivity contribution in [2.45, 2.75) is 39.2 Å². The molecule has 0 aromatic heterocycles. The zero-order chi connectivity index (χ0) is 15.6. The Morgan fingerprint density at radius 1 is 1.48 bits per heavy atom. The molecule has 1 heterocycles. The lowest BCUT2D eigenvalue weighted by Crippen LogP contribution is -2.39. The summed E-state index contributed by atoms with van der Waals surface area (Å²) in [5.41, 5.74) is 1.16. The summed E-state index contributed by atoms with van der Waals surface area (Å²) in [6, 6.07) is 3.90. The van der Waals surface area contributed by atoms with E-state index in [1.54, 1.807) is 19.1 Å². The van der Waals surface area contributed by atoms with Crippen molar-refractivity contribution in [1.82, 2.24) is 4.90 Å². The number of carbonyl (C=O) groups excluding carboxylic acids is 1. The van der Waals surface area contributed by atoms with E-state index in [0.717, 1.165) is 5.56 Å². The van der Waals surface area contributed by atoms with Crippen molar-refractivity contribution in [1.29, 1.82) is 0 Å². The molecule has 2 atom stereocenters. The number of carboxylic acids is 1. The first kappa shape index (κ1) is 15.5. The molecule has 1 aliphatic rings. The number of nitrogens with zero attached hydrogens (tertiary/aromatic N) is 1. The van der Waals surface area contributed by atoms with Crippen molar-refractivity contribution in [2.75, 3.05) is 6.54 Å². The normalized spacial score (nSPS) is 23.0. The molecule has 114 valence electrons. The fourth-order valence-corrected chi connectivity index (χ4v) is 3.05.